The highest BCUT2D eigenvalue weighted by atomic mass is 16.1. The Balaban J connectivity index is 1.84. The van der Waals surface area contributed by atoms with Gasteiger partial charge in [0, 0.05) is 45.3 Å². The molecule has 0 aliphatic carbocycles. The van der Waals surface area contributed by atoms with Gasteiger partial charge in [0.2, 0.25) is 5.91 Å². The highest BCUT2D eigenvalue weighted by Gasteiger charge is 2.31. The molecule has 1 unspecified atom stereocenters. The third-order valence-corrected chi connectivity index (χ3v) is 5.12. The normalized spacial score (nSPS) is 29.8. The molecule has 0 spiro atoms. The predicted molar refractivity (Wildman–Crippen MR) is 86.2 cm³/mol. The number of nitrogens with zero attached hydrogens (tertiary/aromatic N) is 2. The van der Waals surface area contributed by atoms with Gasteiger partial charge in [0.15, 0.2) is 0 Å². The maximum absolute atomic E-state index is 12.3. The van der Waals surface area contributed by atoms with Gasteiger partial charge < -0.3 is 15.5 Å². The van der Waals surface area contributed by atoms with E-state index < -0.39 is 0 Å². The molecule has 0 saturated carbocycles. The fourth-order valence-corrected chi connectivity index (χ4v) is 3.44. The first-order valence-electron chi connectivity index (χ1n) is 8.40. The highest BCUT2D eigenvalue weighted by molar-refractivity contribution is 5.79. The second-order valence-corrected chi connectivity index (χ2v) is 7.14. The van der Waals surface area contributed by atoms with Gasteiger partial charge in [-0.25, -0.2) is 0 Å². The van der Waals surface area contributed by atoms with Gasteiger partial charge in [0.25, 0.3) is 0 Å². The molecule has 1 amide bonds. The van der Waals surface area contributed by atoms with Crippen LogP contribution in [-0.2, 0) is 4.79 Å². The maximum atomic E-state index is 12.3. The Morgan fingerprint density at radius 3 is 2.43 bits per heavy atom. The van der Waals surface area contributed by atoms with Gasteiger partial charge in [-0.3, -0.25) is 9.69 Å². The number of amides is 1. The fraction of sp³-hybridized carbons (Fsp3) is 0.938. The van der Waals surface area contributed by atoms with Gasteiger partial charge in [0.05, 0.1) is 5.92 Å². The average Bonchev–Trinajstić information content (AvgIpc) is 2.86. The van der Waals surface area contributed by atoms with Gasteiger partial charge >= 0.3 is 0 Å². The van der Waals surface area contributed by atoms with E-state index >= 15 is 0 Å². The Labute approximate surface area is 129 Å². The Hall–Kier alpha value is -0.650. The number of hydrogen-bond donors (Lipinski definition) is 2. The summed E-state index contributed by atoms with van der Waals surface area (Å²) >= 11 is 0. The third-order valence-electron chi connectivity index (χ3n) is 5.12. The van der Waals surface area contributed by atoms with Gasteiger partial charge in [-0.05, 0) is 25.4 Å². The lowest BCUT2D eigenvalue weighted by Gasteiger charge is -2.40. The van der Waals surface area contributed by atoms with Crippen LogP contribution in [0.25, 0.3) is 0 Å². The molecule has 2 saturated heterocycles. The van der Waals surface area contributed by atoms with Crippen LogP contribution in [0.5, 0.6) is 0 Å². The first-order chi connectivity index (χ1) is 9.99. The van der Waals surface area contributed by atoms with Crippen molar-refractivity contribution in [2.75, 3.05) is 52.9 Å². The smallest absolute Gasteiger partial charge is 0.224 e. The minimum absolute atomic E-state index is 0.144. The zero-order chi connectivity index (χ0) is 15.4. The standard InChI is InChI=1S/C16H32N4O/c1-12(2)15(20-7-5-19(4)6-8-20)11-18-16(21)14-10-17-9-13(14)3/h12-15,17H,5-11H2,1-4H3,(H,18,21)/t13-,14-,15?/m1/s1. The first-order valence-corrected chi connectivity index (χ1v) is 8.40. The number of nitrogens with one attached hydrogen (secondary N) is 2. The SMILES string of the molecule is CC(C)C(CNC(=O)[C@@H]1CNC[C@H]1C)N1CCN(C)CC1. The highest BCUT2D eigenvalue weighted by Crippen LogP contribution is 2.17. The van der Waals surface area contributed by atoms with E-state index in [9.17, 15) is 4.79 Å². The number of carbonyl (C=O) groups is 1. The molecule has 2 heterocycles. The van der Waals surface area contributed by atoms with E-state index in [0.29, 0.717) is 17.9 Å². The Bertz CT molecular complexity index is 339. The molecule has 0 bridgehead atoms. The molecular formula is C16H32N4O. The third kappa shape index (κ3) is 4.41. The van der Waals surface area contributed by atoms with Crippen molar-refractivity contribution in [2.45, 2.75) is 26.8 Å². The summed E-state index contributed by atoms with van der Waals surface area (Å²) in [7, 11) is 2.18. The molecule has 0 radical (unpaired) electrons. The van der Waals surface area contributed by atoms with Crippen molar-refractivity contribution in [1.29, 1.82) is 0 Å². The number of carbonyl (C=O) groups excluding carboxylic acids is 1. The Kier molecular flexibility index (Phi) is 6.02. The second-order valence-electron chi connectivity index (χ2n) is 7.14. The molecule has 21 heavy (non-hydrogen) atoms. The van der Waals surface area contributed by atoms with Crippen molar-refractivity contribution >= 4 is 5.91 Å². The average molecular weight is 296 g/mol. The molecule has 5 heteroatoms. The molecule has 3 atom stereocenters. The minimum Gasteiger partial charge on any atom is -0.354 e. The molecule has 122 valence electrons. The lowest BCUT2D eigenvalue weighted by Crippen LogP contribution is -2.54. The summed E-state index contributed by atoms with van der Waals surface area (Å²) < 4.78 is 0. The zero-order valence-electron chi connectivity index (χ0n) is 14.1. The van der Waals surface area contributed by atoms with Crippen LogP contribution in [0.15, 0.2) is 0 Å². The van der Waals surface area contributed by atoms with E-state index in [1.807, 2.05) is 0 Å². The lowest BCUT2D eigenvalue weighted by atomic mass is 9.96. The van der Waals surface area contributed by atoms with Crippen LogP contribution in [0.4, 0.5) is 0 Å². The minimum atomic E-state index is 0.144. The summed E-state index contributed by atoms with van der Waals surface area (Å²) in [5.74, 6) is 1.39. The van der Waals surface area contributed by atoms with Crippen molar-refractivity contribution in [1.82, 2.24) is 20.4 Å². The molecule has 2 rings (SSSR count). The number of hydrogen-bond acceptors (Lipinski definition) is 4. The van der Waals surface area contributed by atoms with Crippen molar-refractivity contribution in [2.24, 2.45) is 17.8 Å². The molecular weight excluding hydrogens is 264 g/mol. The molecule has 2 aliphatic rings. The summed E-state index contributed by atoms with van der Waals surface area (Å²) in [4.78, 5) is 17.3. The van der Waals surface area contributed by atoms with Crippen LogP contribution in [-0.4, -0.2) is 74.6 Å². The fourth-order valence-electron chi connectivity index (χ4n) is 3.44. The van der Waals surface area contributed by atoms with Crippen molar-refractivity contribution in [3.8, 4) is 0 Å². The summed E-state index contributed by atoms with van der Waals surface area (Å²) in [6.07, 6.45) is 0. The molecule has 0 aromatic heterocycles. The van der Waals surface area contributed by atoms with Gasteiger partial charge in [-0.1, -0.05) is 20.8 Å². The van der Waals surface area contributed by atoms with Crippen LogP contribution in [0.1, 0.15) is 20.8 Å². The van der Waals surface area contributed by atoms with Crippen molar-refractivity contribution in [3.63, 3.8) is 0 Å². The maximum Gasteiger partial charge on any atom is 0.224 e. The lowest BCUT2D eigenvalue weighted by molar-refractivity contribution is -0.125. The Morgan fingerprint density at radius 1 is 1.24 bits per heavy atom. The largest absolute Gasteiger partial charge is 0.354 e. The molecule has 5 nitrogen and oxygen atoms in total. The molecule has 2 fully saturated rings. The van der Waals surface area contributed by atoms with Crippen LogP contribution < -0.4 is 10.6 Å². The monoisotopic (exact) mass is 296 g/mol. The molecule has 2 N–H and O–H groups in total. The predicted octanol–water partition coefficient (Wildman–Crippen LogP) is 0.230. The van der Waals surface area contributed by atoms with Crippen LogP contribution in [0, 0.1) is 17.8 Å². The topological polar surface area (TPSA) is 47.6 Å². The zero-order valence-corrected chi connectivity index (χ0v) is 14.1. The number of likely N-dealkylation sites (N-methyl/N-ethyl adjacent to an activating group) is 1. The summed E-state index contributed by atoms with van der Waals surface area (Å²) in [5, 5.41) is 6.52. The molecule has 0 aromatic rings. The molecule has 0 aromatic carbocycles. The summed E-state index contributed by atoms with van der Waals surface area (Å²) in [6.45, 7) is 13.7. The number of rotatable bonds is 5. The summed E-state index contributed by atoms with van der Waals surface area (Å²) in [5.41, 5.74) is 0. The van der Waals surface area contributed by atoms with E-state index in [2.05, 4.69) is 48.3 Å². The van der Waals surface area contributed by atoms with E-state index in [1.54, 1.807) is 0 Å². The van der Waals surface area contributed by atoms with E-state index in [1.165, 1.54) is 0 Å². The van der Waals surface area contributed by atoms with Crippen molar-refractivity contribution in [3.05, 3.63) is 0 Å². The van der Waals surface area contributed by atoms with Gasteiger partial charge in [0.1, 0.15) is 0 Å². The first kappa shape index (κ1) is 16.7. The molecule has 2 aliphatic heterocycles. The second kappa shape index (κ2) is 7.56. The van der Waals surface area contributed by atoms with E-state index in [4.69, 9.17) is 0 Å². The van der Waals surface area contributed by atoms with Crippen LogP contribution in [0.2, 0.25) is 0 Å². The van der Waals surface area contributed by atoms with E-state index in [-0.39, 0.29) is 11.8 Å². The Morgan fingerprint density at radius 2 is 1.90 bits per heavy atom. The van der Waals surface area contributed by atoms with Crippen LogP contribution in [0.3, 0.4) is 0 Å². The van der Waals surface area contributed by atoms with Crippen molar-refractivity contribution < 1.29 is 4.79 Å². The van der Waals surface area contributed by atoms with Crippen LogP contribution >= 0.6 is 0 Å². The van der Waals surface area contributed by atoms with Gasteiger partial charge in [-0.2, -0.15) is 0 Å². The summed E-state index contributed by atoms with van der Waals surface area (Å²) in [6, 6.07) is 0.451. The van der Waals surface area contributed by atoms with Gasteiger partial charge in [-0.15, -0.1) is 0 Å². The van der Waals surface area contributed by atoms with E-state index in [0.717, 1.165) is 45.8 Å². The quantitative estimate of drug-likeness (QED) is 0.762. The number of piperazine rings is 1.